The van der Waals surface area contributed by atoms with Crippen molar-refractivity contribution in [1.82, 2.24) is 0 Å². The van der Waals surface area contributed by atoms with E-state index in [1.807, 2.05) is 18.2 Å². The van der Waals surface area contributed by atoms with E-state index in [1.165, 1.54) is 5.39 Å². The Balaban J connectivity index is 2.14. The van der Waals surface area contributed by atoms with E-state index < -0.39 is 0 Å². The lowest BCUT2D eigenvalue weighted by atomic mass is 10.1. The summed E-state index contributed by atoms with van der Waals surface area (Å²) in [6, 6.07) is 12.3. The van der Waals surface area contributed by atoms with Crippen molar-refractivity contribution in [3.8, 4) is 11.5 Å². The molecule has 0 amide bonds. The molecule has 16 heavy (non-hydrogen) atoms. The molecule has 3 rings (SSSR count). The van der Waals surface area contributed by atoms with Crippen molar-refractivity contribution >= 4 is 10.8 Å². The van der Waals surface area contributed by atoms with Crippen molar-refractivity contribution < 1.29 is 9.47 Å². The molecular formula is C14H14O2. The van der Waals surface area contributed by atoms with Gasteiger partial charge in [-0.1, -0.05) is 44.2 Å². The minimum absolute atomic E-state index is 0.152. The van der Waals surface area contributed by atoms with Gasteiger partial charge in [-0.3, -0.25) is 0 Å². The molecule has 0 saturated carbocycles. The standard InChI is InChI=1S/C14H14O2/c1-9(2)14-15-12-8-7-10-5-3-4-6-11(10)13(12)16-14/h3-9,14H,1-2H3. The highest BCUT2D eigenvalue weighted by molar-refractivity contribution is 5.91. The van der Waals surface area contributed by atoms with Gasteiger partial charge in [0.25, 0.3) is 0 Å². The zero-order chi connectivity index (χ0) is 11.1. The van der Waals surface area contributed by atoms with Crippen LogP contribution in [0.4, 0.5) is 0 Å². The summed E-state index contributed by atoms with van der Waals surface area (Å²) >= 11 is 0. The van der Waals surface area contributed by atoms with Crippen LogP contribution in [0.1, 0.15) is 13.8 Å². The normalized spacial score (nSPS) is 18.3. The van der Waals surface area contributed by atoms with Gasteiger partial charge < -0.3 is 9.47 Å². The molecule has 2 aromatic rings. The van der Waals surface area contributed by atoms with Gasteiger partial charge in [0.15, 0.2) is 11.5 Å². The van der Waals surface area contributed by atoms with E-state index in [9.17, 15) is 0 Å². The Hall–Kier alpha value is -1.70. The van der Waals surface area contributed by atoms with Crippen LogP contribution in [0.5, 0.6) is 11.5 Å². The Bertz CT molecular complexity index is 531. The molecule has 0 aliphatic carbocycles. The van der Waals surface area contributed by atoms with Gasteiger partial charge in [-0.2, -0.15) is 0 Å². The predicted molar refractivity (Wildman–Crippen MR) is 63.8 cm³/mol. The molecule has 0 N–H and O–H groups in total. The summed E-state index contributed by atoms with van der Waals surface area (Å²) in [4.78, 5) is 0. The fourth-order valence-electron chi connectivity index (χ4n) is 1.97. The maximum Gasteiger partial charge on any atom is 0.243 e. The third-order valence-corrected chi connectivity index (χ3v) is 2.86. The Morgan fingerprint density at radius 2 is 1.81 bits per heavy atom. The molecule has 2 nitrogen and oxygen atoms in total. The lowest BCUT2D eigenvalue weighted by Gasteiger charge is -2.13. The molecule has 0 radical (unpaired) electrons. The van der Waals surface area contributed by atoms with Crippen molar-refractivity contribution in [1.29, 1.82) is 0 Å². The largest absolute Gasteiger partial charge is 0.451 e. The minimum atomic E-state index is -0.152. The number of hydrogen-bond donors (Lipinski definition) is 0. The number of hydrogen-bond acceptors (Lipinski definition) is 2. The number of benzene rings is 2. The average molecular weight is 214 g/mol. The summed E-state index contributed by atoms with van der Waals surface area (Å²) in [7, 11) is 0. The SMILES string of the molecule is CC(C)C1Oc2ccc3ccccc3c2O1. The second-order valence-corrected chi connectivity index (χ2v) is 4.46. The van der Waals surface area contributed by atoms with Crippen LogP contribution in [-0.4, -0.2) is 6.29 Å². The summed E-state index contributed by atoms with van der Waals surface area (Å²) in [5.74, 6) is 2.10. The topological polar surface area (TPSA) is 18.5 Å². The van der Waals surface area contributed by atoms with E-state index in [2.05, 4.69) is 32.0 Å². The molecule has 1 unspecified atom stereocenters. The quantitative estimate of drug-likeness (QED) is 0.722. The van der Waals surface area contributed by atoms with Crippen LogP contribution in [0.15, 0.2) is 36.4 Å². The summed E-state index contributed by atoms with van der Waals surface area (Å²) in [5.41, 5.74) is 0. The Morgan fingerprint density at radius 1 is 1.00 bits per heavy atom. The molecule has 1 aliphatic heterocycles. The maximum absolute atomic E-state index is 5.86. The third kappa shape index (κ3) is 1.33. The van der Waals surface area contributed by atoms with Gasteiger partial charge in [0.05, 0.1) is 0 Å². The van der Waals surface area contributed by atoms with E-state index in [0.717, 1.165) is 16.9 Å². The minimum Gasteiger partial charge on any atom is -0.451 e. The first-order valence-corrected chi connectivity index (χ1v) is 5.61. The van der Waals surface area contributed by atoms with Crippen LogP contribution in [0.3, 0.4) is 0 Å². The van der Waals surface area contributed by atoms with Gasteiger partial charge in [-0.05, 0) is 11.5 Å². The molecule has 0 bridgehead atoms. The molecule has 82 valence electrons. The van der Waals surface area contributed by atoms with Gasteiger partial charge in [0.2, 0.25) is 6.29 Å². The van der Waals surface area contributed by atoms with Gasteiger partial charge >= 0.3 is 0 Å². The molecule has 0 spiro atoms. The fourth-order valence-corrected chi connectivity index (χ4v) is 1.97. The smallest absolute Gasteiger partial charge is 0.243 e. The Labute approximate surface area is 94.8 Å². The first-order chi connectivity index (χ1) is 7.75. The Kier molecular flexibility index (Phi) is 2.03. The van der Waals surface area contributed by atoms with E-state index in [0.29, 0.717) is 5.92 Å². The monoisotopic (exact) mass is 214 g/mol. The van der Waals surface area contributed by atoms with Gasteiger partial charge in [0.1, 0.15) is 0 Å². The zero-order valence-corrected chi connectivity index (χ0v) is 9.44. The van der Waals surface area contributed by atoms with E-state index in [1.54, 1.807) is 0 Å². The molecule has 0 aromatic heterocycles. The van der Waals surface area contributed by atoms with Gasteiger partial charge in [-0.25, -0.2) is 0 Å². The molecule has 1 aliphatic rings. The molecule has 1 heterocycles. The summed E-state index contributed by atoms with van der Waals surface area (Å²) in [6.45, 7) is 4.19. The molecular weight excluding hydrogens is 200 g/mol. The van der Waals surface area contributed by atoms with Gasteiger partial charge in [-0.15, -0.1) is 0 Å². The summed E-state index contributed by atoms with van der Waals surface area (Å²) in [5, 5.41) is 2.32. The molecule has 2 aromatic carbocycles. The highest BCUT2D eigenvalue weighted by atomic mass is 16.7. The lowest BCUT2D eigenvalue weighted by molar-refractivity contribution is 0.00970. The van der Waals surface area contributed by atoms with E-state index in [-0.39, 0.29) is 6.29 Å². The van der Waals surface area contributed by atoms with Gasteiger partial charge in [0, 0.05) is 11.3 Å². The van der Waals surface area contributed by atoms with Crippen molar-refractivity contribution in [2.45, 2.75) is 20.1 Å². The van der Waals surface area contributed by atoms with E-state index in [4.69, 9.17) is 9.47 Å². The number of ether oxygens (including phenoxy) is 2. The Morgan fingerprint density at radius 3 is 2.62 bits per heavy atom. The molecule has 1 atom stereocenters. The van der Waals surface area contributed by atoms with Crippen molar-refractivity contribution in [2.24, 2.45) is 5.92 Å². The second kappa shape index (κ2) is 3.41. The second-order valence-electron chi connectivity index (χ2n) is 4.46. The van der Waals surface area contributed by atoms with Crippen molar-refractivity contribution in [3.05, 3.63) is 36.4 Å². The first-order valence-electron chi connectivity index (χ1n) is 5.61. The fraction of sp³-hybridized carbons (Fsp3) is 0.286. The number of rotatable bonds is 1. The summed E-state index contributed by atoms with van der Waals surface area (Å²) < 4.78 is 11.6. The first kappa shape index (κ1) is 9.52. The van der Waals surface area contributed by atoms with Crippen LogP contribution < -0.4 is 9.47 Å². The third-order valence-electron chi connectivity index (χ3n) is 2.86. The average Bonchev–Trinajstić information content (AvgIpc) is 2.73. The highest BCUT2D eigenvalue weighted by Gasteiger charge is 2.28. The van der Waals surface area contributed by atoms with Crippen LogP contribution in [0.25, 0.3) is 10.8 Å². The van der Waals surface area contributed by atoms with Crippen LogP contribution in [-0.2, 0) is 0 Å². The number of fused-ring (bicyclic) bond motifs is 3. The van der Waals surface area contributed by atoms with Crippen molar-refractivity contribution in [3.63, 3.8) is 0 Å². The van der Waals surface area contributed by atoms with E-state index >= 15 is 0 Å². The molecule has 2 heteroatoms. The van der Waals surface area contributed by atoms with Crippen LogP contribution >= 0.6 is 0 Å². The van der Waals surface area contributed by atoms with Crippen LogP contribution in [0, 0.1) is 5.92 Å². The lowest BCUT2D eigenvalue weighted by Crippen LogP contribution is -2.24. The molecule has 0 fully saturated rings. The van der Waals surface area contributed by atoms with Crippen LogP contribution in [0.2, 0.25) is 0 Å². The molecule has 0 saturated heterocycles. The van der Waals surface area contributed by atoms with Crippen molar-refractivity contribution in [2.75, 3.05) is 0 Å². The summed E-state index contributed by atoms with van der Waals surface area (Å²) in [6.07, 6.45) is -0.152. The maximum atomic E-state index is 5.86. The zero-order valence-electron chi connectivity index (χ0n) is 9.44. The predicted octanol–water partition coefficient (Wildman–Crippen LogP) is 3.59. The highest BCUT2D eigenvalue weighted by Crippen LogP contribution is 2.42.